The molecule has 1 aromatic carbocycles. The first-order valence-corrected chi connectivity index (χ1v) is 10.8. The molecule has 30 heavy (non-hydrogen) atoms. The molecule has 4 rings (SSSR count). The van der Waals surface area contributed by atoms with Crippen LogP contribution in [-0.2, 0) is 22.5 Å². The van der Waals surface area contributed by atoms with Gasteiger partial charge in [-0.2, -0.15) is 0 Å². The number of likely N-dealkylation sites (tertiary alicyclic amines) is 1. The van der Waals surface area contributed by atoms with E-state index in [0.29, 0.717) is 18.7 Å². The number of anilines is 1. The average Bonchev–Trinajstić information content (AvgIpc) is 3.34. The van der Waals surface area contributed by atoms with Crippen molar-refractivity contribution in [2.45, 2.75) is 71.1 Å². The normalized spacial score (nSPS) is 18.8. The molecule has 1 aromatic heterocycles. The Balaban J connectivity index is 1.46. The summed E-state index contributed by atoms with van der Waals surface area (Å²) in [4.78, 5) is 31.7. The van der Waals surface area contributed by atoms with Gasteiger partial charge >= 0.3 is 6.09 Å². The molecule has 2 aliphatic heterocycles. The van der Waals surface area contributed by atoms with Crippen LogP contribution >= 0.6 is 0 Å². The lowest BCUT2D eigenvalue weighted by Gasteiger charge is -2.28. The van der Waals surface area contributed by atoms with E-state index in [9.17, 15) is 9.59 Å². The van der Waals surface area contributed by atoms with Crippen LogP contribution in [0.3, 0.4) is 0 Å². The minimum atomic E-state index is -0.585. The van der Waals surface area contributed by atoms with Crippen molar-refractivity contribution in [3.05, 3.63) is 36.3 Å². The summed E-state index contributed by atoms with van der Waals surface area (Å²) in [6, 6.07) is 7.22. The van der Waals surface area contributed by atoms with Crippen LogP contribution in [0.5, 0.6) is 0 Å². The second kappa shape index (κ2) is 8.13. The van der Waals surface area contributed by atoms with Gasteiger partial charge in [0.15, 0.2) is 0 Å². The number of hydrogen-bond acceptors (Lipinski definition) is 4. The smallest absolute Gasteiger partial charge is 0.410 e. The minimum Gasteiger partial charge on any atom is -0.444 e. The molecule has 1 saturated heterocycles. The van der Waals surface area contributed by atoms with Crippen LogP contribution in [0.25, 0.3) is 11.3 Å². The number of rotatable bonds is 3. The van der Waals surface area contributed by atoms with Crippen molar-refractivity contribution in [2.24, 2.45) is 0 Å². The molecule has 1 N–H and O–H groups in total. The second-order valence-corrected chi connectivity index (χ2v) is 9.09. The highest BCUT2D eigenvalue weighted by molar-refractivity contribution is 5.97. The van der Waals surface area contributed by atoms with Crippen LogP contribution in [0.1, 0.15) is 52.3 Å². The Morgan fingerprint density at radius 2 is 2.00 bits per heavy atom. The highest BCUT2D eigenvalue weighted by atomic mass is 16.6. The highest BCUT2D eigenvalue weighted by Crippen LogP contribution is 2.26. The maximum atomic E-state index is 12.9. The Hall–Kier alpha value is -2.83. The zero-order valence-electron chi connectivity index (χ0n) is 18.0. The number of ether oxygens (including phenoxy) is 1. The topological polar surface area (TPSA) is 76.5 Å². The number of benzene rings is 1. The molecule has 3 heterocycles. The van der Waals surface area contributed by atoms with E-state index in [1.165, 1.54) is 17.7 Å². The van der Waals surface area contributed by atoms with Crippen LogP contribution in [-0.4, -0.2) is 44.6 Å². The van der Waals surface area contributed by atoms with Crippen LogP contribution in [0.4, 0.5) is 10.5 Å². The molecular formula is C23H30N4O3. The summed E-state index contributed by atoms with van der Waals surface area (Å²) >= 11 is 0. The fraction of sp³-hybridized carbons (Fsp3) is 0.522. The molecule has 2 aromatic rings. The third kappa shape index (κ3) is 4.50. The van der Waals surface area contributed by atoms with Crippen molar-refractivity contribution in [2.75, 3.05) is 11.9 Å². The van der Waals surface area contributed by atoms with Gasteiger partial charge in [-0.3, -0.25) is 9.69 Å². The van der Waals surface area contributed by atoms with E-state index in [-0.39, 0.29) is 5.91 Å². The van der Waals surface area contributed by atoms with Gasteiger partial charge in [0.05, 0.1) is 5.69 Å². The third-order valence-corrected chi connectivity index (χ3v) is 5.52. The molecule has 160 valence electrons. The lowest BCUT2D eigenvalue weighted by Crippen LogP contribution is -2.45. The van der Waals surface area contributed by atoms with Crippen molar-refractivity contribution in [3.63, 3.8) is 0 Å². The largest absolute Gasteiger partial charge is 0.444 e. The van der Waals surface area contributed by atoms with E-state index in [1.54, 1.807) is 0 Å². The van der Waals surface area contributed by atoms with Crippen molar-refractivity contribution < 1.29 is 14.3 Å². The molecule has 2 aliphatic rings. The number of nitrogens with one attached hydrogen (secondary N) is 1. The molecule has 7 nitrogen and oxygen atoms in total. The van der Waals surface area contributed by atoms with Gasteiger partial charge in [-0.25, -0.2) is 9.78 Å². The Morgan fingerprint density at radius 1 is 1.17 bits per heavy atom. The van der Waals surface area contributed by atoms with E-state index in [2.05, 4.69) is 16.1 Å². The number of nitrogens with zero attached hydrogens (tertiary/aromatic N) is 3. The van der Waals surface area contributed by atoms with Gasteiger partial charge in [-0.1, -0.05) is 12.1 Å². The number of imidazole rings is 1. The first-order chi connectivity index (χ1) is 14.3. The fourth-order valence-electron chi connectivity index (χ4n) is 4.11. The number of carbonyl (C=O) groups excluding carboxylic acids is 2. The van der Waals surface area contributed by atoms with Gasteiger partial charge in [0, 0.05) is 37.0 Å². The molecule has 2 amide bonds. The van der Waals surface area contributed by atoms with Gasteiger partial charge in [-0.15, -0.1) is 0 Å². The Morgan fingerprint density at radius 3 is 2.77 bits per heavy atom. The van der Waals surface area contributed by atoms with E-state index >= 15 is 0 Å². The summed E-state index contributed by atoms with van der Waals surface area (Å²) in [5, 5.41) is 2.98. The summed E-state index contributed by atoms with van der Waals surface area (Å²) in [5.74, 6) is 0.948. The van der Waals surface area contributed by atoms with E-state index < -0.39 is 17.7 Å². The SMILES string of the molecule is CC(C)(C)OC(=O)N1CCCC1C(=O)Nc1cccc(-c2cn3c(n2)CCCC3)c1. The molecular weight excluding hydrogens is 380 g/mol. The molecule has 1 fully saturated rings. The minimum absolute atomic E-state index is 0.181. The first-order valence-electron chi connectivity index (χ1n) is 10.8. The number of fused-ring (bicyclic) bond motifs is 1. The highest BCUT2D eigenvalue weighted by Gasteiger charge is 2.36. The molecule has 1 atom stereocenters. The monoisotopic (exact) mass is 410 g/mol. The predicted octanol–water partition coefficient (Wildman–Crippen LogP) is 4.22. The predicted molar refractivity (Wildman–Crippen MR) is 115 cm³/mol. The summed E-state index contributed by atoms with van der Waals surface area (Å²) < 4.78 is 7.69. The standard InChI is InChI=1S/C23H30N4O3/c1-23(2,3)30-22(29)27-13-7-10-19(27)21(28)24-17-9-6-8-16(14-17)18-15-26-12-5-4-11-20(26)25-18/h6,8-9,14-15,19H,4-5,7,10-13H2,1-3H3,(H,24,28). The third-order valence-electron chi connectivity index (χ3n) is 5.52. The maximum absolute atomic E-state index is 12.9. The molecule has 0 saturated carbocycles. The van der Waals surface area contributed by atoms with Crippen molar-refractivity contribution in [1.29, 1.82) is 0 Å². The molecule has 0 bridgehead atoms. The zero-order valence-corrected chi connectivity index (χ0v) is 18.0. The maximum Gasteiger partial charge on any atom is 0.410 e. The summed E-state index contributed by atoms with van der Waals surface area (Å²) in [6.45, 7) is 7.04. The van der Waals surface area contributed by atoms with Crippen LogP contribution in [0, 0.1) is 0 Å². The van der Waals surface area contributed by atoms with Crippen LogP contribution < -0.4 is 5.32 Å². The molecule has 0 radical (unpaired) electrons. The van der Waals surface area contributed by atoms with Gasteiger partial charge in [0.1, 0.15) is 17.5 Å². The molecule has 0 spiro atoms. The number of hydrogen-bond donors (Lipinski definition) is 1. The molecule has 0 aliphatic carbocycles. The number of aromatic nitrogens is 2. The Labute approximate surface area is 177 Å². The second-order valence-electron chi connectivity index (χ2n) is 9.09. The van der Waals surface area contributed by atoms with Gasteiger partial charge < -0.3 is 14.6 Å². The summed E-state index contributed by atoms with van der Waals surface area (Å²) in [7, 11) is 0. The number of aryl methyl sites for hydroxylation is 2. The summed E-state index contributed by atoms with van der Waals surface area (Å²) in [6.07, 6.45) is 6.47. The lowest BCUT2D eigenvalue weighted by atomic mass is 10.1. The number of amides is 2. The van der Waals surface area contributed by atoms with E-state index in [0.717, 1.165) is 36.5 Å². The first kappa shape index (κ1) is 20.4. The molecule has 1 unspecified atom stereocenters. The van der Waals surface area contributed by atoms with Crippen LogP contribution in [0.2, 0.25) is 0 Å². The van der Waals surface area contributed by atoms with Crippen molar-refractivity contribution in [3.8, 4) is 11.3 Å². The van der Waals surface area contributed by atoms with Crippen molar-refractivity contribution >= 4 is 17.7 Å². The zero-order chi connectivity index (χ0) is 21.3. The number of carbonyl (C=O) groups is 2. The molecule has 7 heteroatoms. The van der Waals surface area contributed by atoms with Crippen molar-refractivity contribution in [1.82, 2.24) is 14.5 Å². The quantitative estimate of drug-likeness (QED) is 0.822. The van der Waals surface area contributed by atoms with E-state index in [1.807, 2.05) is 45.0 Å². The van der Waals surface area contributed by atoms with E-state index in [4.69, 9.17) is 9.72 Å². The summed E-state index contributed by atoms with van der Waals surface area (Å²) in [5.41, 5.74) is 2.03. The Bertz CT molecular complexity index is 921. The van der Waals surface area contributed by atoms with Gasteiger partial charge in [0.25, 0.3) is 0 Å². The van der Waals surface area contributed by atoms with Gasteiger partial charge in [-0.05, 0) is 58.6 Å². The average molecular weight is 411 g/mol. The Kier molecular flexibility index (Phi) is 5.54. The van der Waals surface area contributed by atoms with Gasteiger partial charge in [0.2, 0.25) is 5.91 Å². The lowest BCUT2D eigenvalue weighted by molar-refractivity contribution is -0.120. The fourth-order valence-corrected chi connectivity index (χ4v) is 4.11. The van der Waals surface area contributed by atoms with Crippen LogP contribution in [0.15, 0.2) is 30.5 Å².